The van der Waals surface area contributed by atoms with E-state index in [1.165, 1.54) is 4.90 Å². The fourth-order valence-electron chi connectivity index (χ4n) is 1.24. The van der Waals surface area contributed by atoms with E-state index in [0.717, 1.165) is 0 Å². The van der Waals surface area contributed by atoms with E-state index >= 15 is 0 Å². The van der Waals surface area contributed by atoms with Crippen LogP contribution in [-0.2, 0) is 4.79 Å². The molecular formula is C13H16N2O2. The highest BCUT2D eigenvalue weighted by Crippen LogP contribution is 2.13. The van der Waals surface area contributed by atoms with E-state index in [1.54, 1.807) is 31.3 Å². The zero-order chi connectivity index (χ0) is 12.7. The van der Waals surface area contributed by atoms with Gasteiger partial charge in [0, 0.05) is 12.7 Å². The molecule has 0 aliphatic heterocycles. The van der Waals surface area contributed by atoms with Gasteiger partial charge in [-0.15, -0.1) is 6.42 Å². The number of benzene rings is 1. The second kappa shape index (κ2) is 6.44. The molecule has 0 fully saturated rings. The number of hydrogen-bond acceptors (Lipinski definition) is 3. The van der Waals surface area contributed by atoms with Crippen molar-refractivity contribution in [3.8, 4) is 18.1 Å². The van der Waals surface area contributed by atoms with E-state index in [2.05, 4.69) is 5.92 Å². The molecule has 0 unspecified atom stereocenters. The lowest BCUT2D eigenvalue weighted by Crippen LogP contribution is -2.28. The molecule has 0 radical (unpaired) electrons. The highest BCUT2D eigenvalue weighted by Gasteiger charge is 2.06. The molecule has 0 heterocycles. The molecule has 0 atom stereocenters. The molecule has 90 valence electrons. The number of anilines is 1. The standard InChI is InChI=1S/C13H16N2O2/c1-3-9-15(2)13(16)8-10-17-12-6-4-11(14)5-7-12/h1,4-7H,8-10,14H2,2H3. The Kier molecular flexibility index (Phi) is 4.89. The number of ether oxygens (including phenoxy) is 1. The van der Waals surface area contributed by atoms with Gasteiger partial charge >= 0.3 is 0 Å². The van der Waals surface area contributed by atoms with E-state index in [9.17, 15) is 4.79 Å². The van der Waals surface area contributed by atoms with E-state index in [-0.39, 0.29) is 5.91 Å². The lowest BCUT2D eigenvalue weighted by atomic mass is 10.3. The normalized spacial score (nSPS) is 9.41. The Labute approximate surface area is 101 Å². The quantitative estimate of drug-likeness (QED) is 0.611. The summed E-state index contributed by atoms with van der Waals surface area (Å²) in [5.41, 5.74) is 6.22. The van der Waals surface area contributed by atoms with Gasteiger partial charge in [-0.2, -0.15) is 0 Å². The molecule has 1 amide bonds. The SMILES string of the molecule is C#CCN(C)C(=O)CCOc1ccc(N)cc1. The highest BCUT2D eigenvalue weighted by molar-refractivity contribution is 5.76. The molecule has 4 nitrogen and oxygen atoms in total. The Hall–Kier alpha value is -2.15. The van der Waals surface area contributed by atoms with E-state index < -0.39 is 0 Å². The first-order chi connectivity index (χ1) is 8.13. The molecule has 0 saturated heterocycles. The summed E-state index contributed by atoms with van der Waals surface area (Å²) >= 11 is 0. The van der Waals surface area contributed by atoms with Crippen molar-refractivity contribution in [2.24, 2.45) is 0 Å². The van der Waals surface area contributed by atoms with Crippen LogP contribution in [0.2, 0.25) is 0 Å². The average Bonchev–Trinajstić information content (AvgIpc) is 2.32. The number of carbonyl (C=O) groups is 1. The highest BCUT2D eigenvalue weighted by atomic mass is 16.5. The number of carbonyl (C=O) groups excluding carboxylic acids is 1. The minimum absolute atomic E-state index is 0.0293. The Morgan fingerprint density at radius 1 is 1.47 bits per heavy atom. The summed E-state index contributed by atoms with van der Waals surface area (Å²) in [5.74, 6) is 3.08. The molecule has 0 aliphatic carbocycles. The van der Waals surface area contributed by atoms with Gasteiger partial charge in [0.1, 0.15) is 5.75 Å². The maximum Gasteiger partial charge on any atom is 0.226 e. The minimum atomic E-state index is -0.0293. The number of nitrogens with two attached hydrogens (primary N) is 1. The Morgan fingerprint density at radius 2 is 2.12 bits per heavy atom. The van der Waals surface area contributed by atoms with Gasteiger partial charge in [-0.3, -0.25) is 4.79 Å². The fraction of sp³-hybridized carbons (Fsp3) is 0.308. The van der Waals surface area contributed by atoms with Crippen LogP contribution in [0.1, 0.15) is 6.42 Å². The molecule has 1 aromatic rings. The third-order valence-electron chi connectivity index (χ3n) is 2.22. The largest absolute Gasteiger partial charge is 0.493 e. The molecule has 1 aromatic carbocycles. The van der Waals surface area contributed by atoms with E-state index in [0.29, 0.717) is 31.0 Å². The maximum atomic E-state index is 11.5. The number of terminal acetylenes is 1. The summed E-state index contributed by atoms with van der Waals surface area (Å²) in [6.07, 6.45) is 5.42. The second-order valence-electron chi connectivity index (χ2n) is 3.62. The lowest BCUT2D eigenvalue weighted by molar-refractivity contribution is -0.129. The van der Waals surface area contributed by atoms with E-state index in [4.69, 9.17) is 16.9 Å². The topological polar surface area (TPSA) is 55.6 Å². The fourth-order valence-corrected chi connectivity index (χ4v) is 1.24. The number of nitrogen functional groups attached to an aromatic ring is 1. The van der Waals surface area contributed by atoms with Crippen LogP contribution in [0.25, 0.3) is 0 Å². The monoisotopic (exact) mass is 232 g/mol. The summed E-state index contributed by atoms with van der Waals surface area (Å²) in [5, 5.41) is 0. The number of hydrogen-bond donors (Lipinski definition) is 1. The van der Waals surface area contributed by atoms with Crippen LogP contribution in [0.3, 0.4) is 0 Å². The molecule has 4 heteroatoms. The molecule has 0 saturated carbocycles. The first-order valence-corrected chi connectivity index (χ1v) is 5.29. The van der Waals surface area contributed by atoms with Crippen molar-refractivity contribution in [2.45, 2.75) is 6.42 Å². The third-order valence-corrected chi connectivity index (χ3v) is 2.22. The zero-order valence-corrected chi connectivity index (χ0v) is 9.85. The first kappa shape index (κ1) is 12.9. The van der Waals surface area contributed by atoms with Crippen LogP contribution in [0, 0.1) is 12.3 Å². The summed E-state index contributed by atoms with van der Waals surface area (Å²) in [4.78, 5) is 13.0. The minimum Gasteiger partial charge on any atom is -0.493 e. The molecule has 0 aliphatic rings. The summed E-state index contributed by atoms with van der Waals surface area (Å²) < 4.78 is 5.41. The third kappa shape index (κ3) is 4.47. The van der Waals surface area contributed by atoms with Crippen LogP contribution in [0.5, 0.6) is 5.75 Å². The first-order valence-electron chi connectivity index (χ1n) is 5.29. The van der Waals surface area contributed by atoms with Crippen LogP contribution in [0.4, 0.5) is 5.69 Å². The summed E-state index contributed by atoms with van der Waals surface area (Å²) in [6, 6.07) is 7.04. The van der Waals surface area contributed by atoms with Crippen LogP contribution >= 0.6 is 0 Å². The Bertz CT molecular complexity index is 406. The molecule has 2 N–H and O–H groups in total. The van der Waals surface area contributed by atoms with Gasteiger partial charge in [-0.1, -0.05) is 5.92 Å². The van der Waals surface area contributed by atoms with Crippen molar-refractivity contribution in [3.05, 3.63) is 24.3 Å². The molecule has 0 bridgehead atoms. The smallest absolute Gasteiger partial charge is 0.226 e. The Morgan fingerprint density at radius 3 is 2.71 bits per heavy atom. The van der Waals surface area contributed by atoms with Crippen molar-refractivity contribution in [3.63, 3.8) is 0 Å². The molecule has 0 aromatic heterocycles. The second-order valence-corrected chi connectivity index (χ2v) is 3.62. The van der Waals surface area contributed by atoms with Gasteiger partial charge in [0.25, 0.3) is 0 Å². The average molecular weight is 232 g/mol. The summed E-state index contributed by atoms with van der Waals surface area (Å²) in [6.45, 7) is 0.651. The number of rotatable bonds is 5. The van der Waals surface area contributed by atoms with Gasteiger partial charge in [-0.05, 0) is 24.3 Å². The number of nitrogens with zero attached hydrogens (tertiary/aromatic N) is 1. The van der Waals surface area contributed by atoms with Crippen molar-refractivity contribution < 1.29 is 9.53 Å². The van der Waals surface area contributed by atoms with Gasteiger partial charge in [0.2, 0.25) is 5.91 Å². The van der Waals surface area contributed by atoms with Crippen LogP contribution in [0.15, 0.2) is 24.3 Å². The van der Waals surface area contributed by atoms with Crippen molar-refractivity contribution in [2.75, 3.05) is 25.9 Å². The molecular weight excluding hydrogens is 216 g/mol. The van der Waals surface area contributed by atoms with Crippen LogP contribution in [-0.4, -0.2) is 31.0 Å². The van der Waals surface area contributed by atoms with Crippen molar-refractivity contribution >= 4 is 11.6 Å². The lowest BCUT2D eigenvalue weighted by Gasteiger charge is -2.13. The predicted molar refractivity (Wildman–Crippen MR) is 67.4 cm³/mol. The zero-order valence-electron chi connectivity index (χ0n) is 9.85. The predicted octanol–water partition coefficient (Wildman–Crippen LogP) is 1.13. The van der Waals surface area contributed by atoms with E-state index in [1.807, 2.05) is 0 Å². The van der Waals surface area contributed by atoms with Gasteiger partial charge in [0.15, 0.2) is 0 Å². The Balaban J connectivity index is 2.31. The molecule has 0 spiro atoms. The number of amides is 1. The van der Waals surface area contributed by atoms with Gasteiger partial charge in [0.05, 0.1) is 19.6 Å². The van der Waals surface area contributed by atoms with Gasteiger partial charge < -0.3 is 15.4 Å². The summed E-state index contributed by atoms with van der Waals surface area (Å²) in [7, 11) is 1.67. The molecule has 1 rings (SSSR count). The van der Waals surface area contributed by atoms with Crippen molar-refractivity contribution in [1.82, 2.24) is 4.90 Å². The van der Waals surface area contributed by atoms with Gasteiger partial charge in [-0.25, -0.2) is 0 Å². The maximum absolute atomic E-state index is 11.5. The molecule has 17 heavy (non-hydrogen) atoms. The van der Waals surface area contributed by atoms with Crippen LogP contribution < -0.4 is 10.5 Å². The van der Waals surface area contributed by atoms with Crippen molar-refractivity contribution in [1.29, 1.82) is 0 Å².